The topological polar surface area (TPSA) is 9.23 Å². The summed E-state index contributed by atoms with van der Waals surface area (Å²) in [6.07, 6.45) is -7.60. The van der Waals surface area contributed by atoms with Crippen molar-refractivity contribution < 1.29 is 35.5 Å². The Bertz CT molecular complexity index is 956. The van der Waals surface area contributed by atoms with E-state index in [4.69, 9.17) is 0 Å². The molecule has 1 aliphatic rings. The Kier molecular flexibility index (Phi) is 6.24. The van der Waals surface area contributed by atoms with Crippen molar-refractivity contribution in [3.8, 4) is 11.1 Å². The number of halogens is 7. The van der Waals surface area contributed by atoms with Crippen molar-refractivity contribution >= 4 is 0 Å². The minimum absolute atomic E-state index is 0.0273. The van der Waals surface area contributed by atoms with Gasteiger partial charge in [-0.15, -0.1) is 0 Å². The third-order valence-corrected chi connectivity index (χ3v) is 4.55. The number of benzene rings is 2. The first-order chi connectivity index (χ1) is 14.1. The molecule has 0 aromatic heterocycles. The van der Waals surface area contributed by atoms with Crippen molar-refractivity contribution in [2.24, 2.45) is 0 Å². The minimum atomic E-state index is -4.59. The van der Waals surface area contributed by atoms with Crippen LogP contribution in [-0.2, 0) is 17.3 Å². The summed E-state index contributed by atoms with van der Waals surface area (Å²) in [7, 11) is 0. The predicted molar refractivity (Wildman–Crippen MR) is 97.8 cm³/mol. The van der Waals surface area contributed by atoms with E-state index in [1.807, 2.05) is 6.92 Å². The zero-order valence-electron chi connectivity index (χ0n) is 15.7. The highest BCUT2D eigenvalue weighted by atomic mass is 19.3. The molecule has 160 valence electrons. The number of aryl methyl sites for hydroxylation is 1. The predicted octanol–water partition coefficient (Wildman–Crippen LogP) is 7.08. The molecular formula is C22H17F7O. The smallest absolute Gasteiger partial charge is 0.429 e. The van der Waals surface area contributed by atoms with E-state index in [9.17, 15) is 30.7 Å². The molecule has 2 atom stereocenters. The van der Waals surface area contributed by atoms with Crippen LogP contribution in [-0.4, -0.2) is 12.3 Å². The normalized spacial score (nSPS) is 19.3. The lowest BCUT2D eigenvalue weighted by Crippen LogP contribution is -2.25. The zero-order chi connectivity index (χ0) is 22.1. The average Bonchev–Trinajstić information content (AvgIpc) is 2.65. The lowest BCUT2D eigenvalue weighted by atomic mass is 10.00. The molecule has 0 N–H and O–H groups in total. The highest BCUT2D eigenvalue weighted by Crippen LogP contribution is 2.39. The van der Waals surface area contributed by atoms with Crippen LogP contribution in [0.3, 0.4) is 0 Å². The van der Waals surface area contributed by atoms with Crippen LogP contribution >= 0.6 is 0 Å². The minimum Gasteiger partial charge on any atom is -0.429 e. The van der Waals surface area contributed by atoms with E-state index >= 15 is 0 Å². The molecular weight excluding hydrogens is 413 g/mol. The Labute approximate surface area is 168 Å². The summed E-state index contributed by atoms with van der Waals surface area (Å²) < 4.78 is 101. The largest absolute Gasteiger partial charge is 0.432 e. The van der Waals surface area contributed by atoms with E-state index < -0.39 is 47.2 Å². The fraction of sp³-hybridized carbons (Fsp3) is 0.273. The van der Waals surface area contributed by atoms with Gasteiger partial charge in [-0.3, -0.25) is 0 Å². The van der Waals surface area contributed by atoms with Crippen molar-refractivity contribution in [2.45, 2.75) is 38.2 Å². The fourth-order valence-electron chi connectivity index (χ4n) is 3.09. The second-order valence-electron chi connectivity index (χ2n) is 6.83. The number of hydrogen-bond donors (Lipinski definition) is 0. The molecule has 8 heteroatoms. The van der Waals surface area contributed by atoms with Gasteiger partial charge in [-0.05, 0) is 41.3 Å². The van der Waals surface area contributed by atoms with Gasteiger partial charge in [0.25, 0.3) is 0 Å². The van der Waals surface area contributed by atoms with Crippen LogP contribution in [0.5, 0.6) is 0 Å². The van der Waals surface area contributed by atoms with E-state index in [0.29, 0.717) is 17.7 Å². The van der Waals surface area contributed by atoms with Gasteiger partial charge < -0.3 is 4.74 Å². The molecule has 0 fully saturated rings. The summed E-state index contributed by atoms with van der Waals surface area (Å²) in [6.45, 7) is 2.00. The lowest BCUT2D eigenvalue weighted by Gasteiger charge is -2.23. The van der Waals surface area contributed by atoms with Crippen LogP contribution in [0.2, 0.25) is 0 Å². The lowest BCUT2D eigenvalue weighted by molar-refractivity contribution is -0.225. The van der Waals surface area contributed by atoms with E-state index in [2.05, 4.69) is 4.74 Å². The van der Waals surface area contributed by atoms with Crippen LogP contribution in [0.25, 0.3) is 11.1 Å². The molecule has 2 aromatic carbocycles. The number of alkyl halides is 4. The summed E-state index contributed by atoms with van der Waals surface area (Å²) in [5.41, 5.74) is -0.264. The standard InChI is InChI=1S/C22H17F7O/c1-2-3-12-4-6-13(7-5-12)14-8-16(23)20(17(24)9-14)22(28,29)30-15-10-18(25)21(27)19(26)11-15/h4-11,18,21H,2-3H2,1H3. The molecule has 0 bridgehead atoms. The Morgan fingerprint density at radius 1 is 0.933 bits per heavy atom. The van der Waals surface area contributed by atoms with Gasteiger partial charge in [0, 0.05) is 6.08 Å². The molecule has 2 aromatic rings. The Morgan fingerprint density at radius 3 is 2.07 bits per heavy atom. The summed E-state index contributed by atoms with van der Waals surface area (Å²) in [4.78, 5) is 0. The Hall–Kier alpha value is -2.77. The molecule has 0 saturated carbocycles. The Balaban J connectivity index is 1.90. The monoisotopic (exact) mass is 430 g/mol. The van der Waals surface area contributed by atoms with E-state index in [1.54, 1.807) is 24.3 Å². The van der Waals surface area contributed by atoms with Gasteiger partial charge in [0.05, 0.1) is 0 Å². The van der Waals surface area contributed by atoms with Gasteiger partial charge >= 0.3 is 6.11 Å². The van der Waals surface area contributed by atoms with Gasteiger partial charge in [0.2, 0.25) is 0 Å². The first-order valence-corrected chi connectivity index (χ1v) is 9.15. The number of ether oxygens (including phenoxy) is 1. The summed E-state index contributed by atoms with van der Waals surface area (Å²) in [6, 6.07) is 8.19. The van der Waals surface area contributed by atoms with Crippen LogP contribution in [0.4, 0.5) is 30.7 Å². The summed E-state index contributed by atoms with van der Waals surface area (Å²) in [5, 5.41) is 0. The number of rotatable bonds is 6. The van der Waals surface area contributed by atoms with Crippen LogP contribution in [0.1, 0.15) is 24.5 Å². The maximum Gasteiger partial charge on any atom is 0.432 e. The molecule has 0 radical (unpaired) electrons. The Morgan fingerprint density at radius 2 is 1.53 bits per heavy atom. The van der Waals surface area contributed by atoms with Gasteiger partial charge in [-0.25, -0.2) is 22.0 Å². The maximum atomic E-state index is 14.4. The summed E-state index contributed by atoms with van der Waals surface area (Å²) >= 11 is 0. The van der Waals surface area contributed by atoms with E-state index in [0.717, 1.165) is 18.4 Å². The van der Waals surface area contributed by atoms with Crippen molar-refractivity contribution in [1.82, 2.24) is 0 Å². The van der Waals surface area contributed by atoms with E-state index in [-0.39, 0.29) is 17.7 Å². The fourth-order valence-corrected chi connectivity index (χ4v) is 3.09. The zero-order valence-corrected chi connectivity index (χ0v) is 15.7. The van der Waals surface area contributed by atoms with Crippen LogP contribution in [0.15, 0.2) is 60.1 Å². The maximum absolute atomic E-state index is 14.4. The van der Waals surface area contributed by atoms with Crippen molar-refractivity contribution in [2.75, 3.05) is 0 Å². The van der Waals surface area contributed by atoms with Crippen molar-refractivity contribution in [3.05, 3.63) is 82.9 Å². The molecule has 0 saturated heterocycles. The quantitative estimate of drug-likeness (QED) is 0.445. The third kappa shape index (κ3) is 4.52. The van der Waals surface area contributed by atoms with E-state index in [1.165, 1.54) is 0 Å². The van der Waals surface area contributed by atoms with Crippen molar-refractivity contribution in [3.63, 3.8) is 0 Å². The third-order valence-electron chi connectivity index (χ3n) is 4.55. The average molecular weight is 430 g/mol. The van der Waals surface area contributed by atoms with Crippen molar-refractivity contribution in [1.29, 1.82) is 0 Å². The van der Waals surface area contributed by atoms with Gasteiger partial charge in [0.1, 0.15) is 28.8 Å². The van der Waals surface area contributed by atoms with Crippen LogP contribution < -0.4 is 0 Å². The first-order valence-electron chi connectivity index (χ1n) is 9.15. The molecule has 0 amide bonds. The van der Waals surface area contributed by atoms with Gasteiger partial charge in [-0.1, -0.05) is 37.6 Å². The highest BCUT2D eigenvalue weighted by molar-refractivity contribution is 5.64. The van der Waals surface area contributed by atoms with Crippen LogP contribution in [0, 0.1) is 11.6 Å². The van der Waals surface area contributed by atoms with Gasteiger partial charge in [-0.2, -0.15) is 8.78 Å². The number of hydrogen-bond acceptors (Lipinski definition) is 1. The molecule has 0 spiro atoms. The molecule has 2 unspecified atom stereocenters. The molecule has 1 nitrogen and oxygen atoms in total. The van der Waals surface area contributed by atoms with Gasteiger partial charge in [0.15, 0.2) is 12.3 Å². The molecule has 1 aliphatic carbocycles. The number of allylic oxidation sites excluding steroid dienone is 3. The summed E-state index contributed by atoms with van der Waals surface area (Å²) in [5.74, 6) is -5.95. The second kappa shape index (κ2) is 8.53. The molecule has 0 aliphatic heterocycles. The second-order valence-corrected chi connectivity index (χ2v) is 6.83. The molecule has 0 heterocycles. The first kappa shape index (κ1) is 21.9. The molecule has 3 rings (SSSR count). The highest BCUT2D eigenvalue weighted by Gasteiger charge is 2.42. The SMILES string of the molecule is CCCc1ccc(-c2cc(F)c(C(F)(F)OC3=CC(F)C(F)C(F)=C3)c(F)c2)cc1. The molecule has 30 heavy (non-hydrogen) atoms.